The van der Waals surface area contributed by atoms with Gasteiger partial charge in [0.25, 0.3) is 5.91 Å². The number of carbonyl (C=O) groups is 4. The number of piperazine rings is 1. The summed E-state index contributed by atoms with van der Waals surface area (Å²) < 4.78 is 10.1. The van der Waals surface area contributed by atoms with Crippen LogP contribution in [0.4, 0.5) is 0 Å². The summed E-state index contributed by atoms with van der Waals surface area (Å²) in [6.45, 7) is 3.26. The van der Waals surface area contributed by atoms with E-state index in [0.717, 1.165) is 5.56 Å². The molecule has 3 amide bonds. The van der Waals surface area contributed by atoms with Crippen LogP contribution in [-0.4, -0.2) is 73.4 Å². The fourth-order valence-corrected chi connectivity index (χ4v) is 2.95. The van der Waals surface area contributed by atoms with Crippen LogP contribution in [0.15, 0.2) is 24.3 Å². The largest absolute Gasteiger partial charge is 0.496 e. The van der Waals surface area contributed by atoms with E-state index >= 15 is 0 Å². The third-order valence-corrected chi connectivity index (χ3v) is 4.65. The van der Waals surface area contributed by atoms with Gasteiger partial charge in [-0.25, -0.2) is 0 Å². The lowest BCUT2D eigenvalue weighted by Gasteiger charge is -2.34. The number of benzene rings is 1. The van der Waals surface area contributed by atoms with Gasteiger partial charge in [0.15, 0.2) is 6.61 Å². The van der Waals surface area contributed by atoms with Crippen LogP contribution in [0.2, 0.25) is 0 Å². The van der Waals surface area contributed by atoms with Gasteiger partial charge in [-0.2, -0.15) is 0 Å². The molecule has 0 saturated carbocycles. The van der Waals surface area contributed by atoms with E-state index in [1.165, 1.54) is 6.92 Å². The molecule has 1 aliphatic heterocycles. The molecule has 0 spiro atoms. The molecule has 1 heterocycles. The van der Waals surface area contributed by atoms with Gasteiger partial charge in [0, 0.05) is 51.6 Å². The predicted molar refractivity (Wildman–Crippen MR) is 104 cm³/mol. The maximum absolute atomic E-state index is 12.2. The van der Waals surface area contributed by atoms with Crippen molar-refractivity contribution in [3.8, 4) is 5.75 Å². The van der Waals surface area contributed by atoms with Crippen molar-refractivity contribution in [1.29, 1.82) is 0 Å². The summed E-state index contributed by atoms with van der Waals surface area (Å²) >= 11 is 0. The number of ether oxygens (including phenoxy) is 2. The van der Waals surface area contributed by atoms with E-state index in [1.807, 2.05) is 18.2 Å². The van der Waals surface area contributed by atoms with E-state index in [-0.39, 0.29) is 31.2 Å². The van der Waals surface area contributed by atoms with E-state index in [4.69, 9.17) is 9.47 Å². The van der Waals surface area contributed by atoms with Crippen LogP contribution in [0.5, 0.6) is 5.75 Å². The molecule has 158 valence electrons. The maximum Gasteiger partial charge on any atom is 0.306 e. The molecule has 0 aromatic heterocycles. The first kappa shape index (κ1) is 22.2. The van der Waals surface area contributed by atoms with Gasteiger partial charge in [-0.1, -0.05) is 18.2 Å². The van der Waals surface area contributed by atoms with Crippen LogP contribution >= 0.6 is 0 Å². The zero-order valence-electron chi connectivity index (χ0n) is 16.8. The molecule has 1 aromatic carbocycles. The molecule has 9 nitrogen and oxygen atoms in total. The molecule has 1 fully saturated rings. The van der Waals surface area contributed by atoms with Crippen LogP contribution < -0.4 is 10.1 Å². The third kappa shape index (κ3) is 7.10. The minimum Gasteiger partial charge on any atom is -0.496 e. The number of amides is 3. The molecule has 2 rings (SSSR count). The van der Waals surface area contributed by atoms with Gasteiger partial charge < -0.3 is 24.6 Å². The highest BCUT2D eigenvalue weighted by Crippen LogP contribution is 2.16. The summed E-state index contributed by atoms with van der Waals surface area (Å²) in [4.78, 5) is 50.4. The molecule has 29 heavy (non-hydrogen) atoms. The molecular weight excluding hydrogens is 378 g/mol. The summed E-state index contributed by atoms with van der Waals surface area (Å²) in [6.07, 6.45) is -0.0761. The number of rotatable bonds is 8. The van der Waals surface area contributed by atoms with Crippen LogP contribution in [0, 0.1) is 0 Å². The highest BCUT2D eigenvalue weighted by atomic mass is 16.5. The van der Waals surface area contributed by atoms with Crippen LogP contribution in [0.1, 0.15) is 25.3 Å². The molecule has 1 aliphatic rings. The van der Waals surface area contributed by atoms with E-state index in [1.54, 1.807) is 23.0 Å². The number of methoxy groups -OCH3 is 1. The van der Waals surface area contributed by atoms with Gasteiger partial charge in [-0.05, 0) is 6.07 Å². The SMILES string of the molecule is COc1ccccc1CNC(=O)COC(=O)CCC(=O)N1CCN(C(C)=O)CC1. The molecule has 0 unspecified atom stereocenters. The molecule has 0 radical (unpaired) electrons. The second kappa shape index (κ2) is 11.0. The van der Waals surface area contributed by atoms with Gasteiger partial charge in [0.2, 0.25) is 11.8 Å². The summed E-state index contributed by atoms with van der Waals surface area (Å²) in [7, 11) is 1.55. The first-order valence-corrected chi connectivity index (χ1v) is 9.48. The Bertz CT molecular complexity index is 743. The van der Waals surface area contributed by atoms with Crippen molar-refractivity contribution in [3.63, 3.8) is 0 Å². The Hall–Kier alpha value is -3.10. The zero-order chi connectivity index (χ0) is 21.2. The van der Waals surface area contributed by atoms with Crippen molar-refractivity contribution in [2.45, 2.75) is 26.3 Å². The normalized spacial score (nSPS) is 13.6. The highest BCUT2D eigenvalue weighted by Gasteiger charge is 2.22. The van der Waals surface area contributed by atoms with Crippen LogP contribution in [0.3, 0.4) is 0 Å². The molecule has 0 bridgehead atoms. The summed E-state index contributed by atoms with van der Waals surface area (Å²) in [6, 6.07) is 7.28. The number of carbonyl (C=O) groups excluding carboxylic acids is 4. The Labute approximate surface area is 169 Å². The van der Waals surface area contributed by atoms with Crippen molar-refractivity contribution in [2.75, 3.05) is 39.9 Å². The molecule has 9 heteroatoms. The number of nitrogens with zero attached hydrogens (tertiary/aromatic N) is 2. The van der Waals surface area contributed by atoms with Crippen LogP contribution in [0.25, 0.3) is 0 Å². The Morgan fingerprint density at radius 1 is 1.00 bits per heavy atom. The lowest BCUT2D eigenvalue weighted by molar-refractivity contribution is -0.150. The second-order valence-corrected chi connectivity index (χ2v) is 6.64. The van der Waals surface area contributed by atoms with Gasteiger partial charge in [-0.15, -0.1) is 0 Å². The fourth-order valence-electron chi connectivity index (χ4n) is 2.95. The van der Waals surface area contributed by atoms with Gasteiger partial charge in [-0.3, -0.25) is 19.2 Å². The average molecular weight is 405 g/mol. The topological polar surface area (TPSA) is 105 Å². The van der Waals surface area contributed by atoms with E-state index in [2.05, 4.69) is 5.32 Å². The van der Waals surface area contributed by atoms with Crippen molar-refractivity contribution < 1.29 is 28.7 Å². The quantitative estimate of drug-likeness (QED) is 0.625. The molecular formula is C20H27N3O6. The lowest BCUT2D eigenvalue weighted by Crippen LogP contribution is -2.50. The Morgan fingerprint density at radius 3 is 2.31 bits per heavy atom. The predicted octanol–water partition coefficient (Wildman–Crippen LogP) is 0.326. The third-order valence-electron chi connectivity index (χ3n) is 4.65. The Kier molecular flexibility index (Phi) is 8.45. The summed E-state index contributed by atoms with van der Waals surface area (Å²) in [5.74, 6) is -0.549. The van der Waals surface area contributed by atoms with Crippen LogP contribution in [-0.2, 0) is 30.5 Å². The average Bonchev–Trinajstić information content (AvgIpc) is 2.74. The molecule has 1 aromatic rings. The second-order valence-electron chi connectivity index (χ2n) is 6.64. The monoisotopic (exact) mass is 405 g/mol. The zero-order valence-corrected chi connectivity index (χ0v) is 16.8. The maximum atomic E-state index is 12.2. The summed E-state index contributed by atoms with van der Waals surface area (Å²) in [5.41, 5.74) is 0.810. The minimum absolute atomic E-state index is 0.00957. The standard InChI is InChI=1S/C20H27N3O6/c1-15(24)22-9-11-23(12-10-22)19(26)7-8-20(27)29-14-18(25)21-13-16-5-3-4-6-17(16)28-2/h3-6H,7-14H2,1-2H3,(H,21,25). The minimum atomic E-state index is -0.604. The number of esters is 1. The van der Waals surface area contributed by atoms with Crippen molar-refractivity contribution in [2.24, 2.45) is 0 Å². The summed E-state index contributed by atoms with van der Waals surface area (Å²) in [5, 5.41) is 2.66. The van der Waals surface area contributed by atoms with E-state index < -0.39 is 18.5 Å². The Morgan fingerprint density at radius 2 is 1.66 bits per heavy atom. The highest BCUT2D eigenvalue weighted by molar-refractivity contribution is 5.84. The van der Waals surface area contributed by atoms with Crippen molar-refractivity contribution in [3.05, 3.63) is 29.8 Å². The number of para-hydroxylation sites is 1. The van der Waals surface area contributed by atoms with Gasteiger partial charge in [0.1, 0.15) is 5.75 Å². The molecule has 0 aliphatic carbocycles. The smallest absolute Gasteiger partial charge is 0.306 e. The van der Waals surface area contributed by atoms with E-state index in [9.17, 15) is 19.2 Å². The lowest BCUT2D eigenvalue weighted by atomic mass is 10.2. The van der Waals surface area contributed by atoms with Gasteiger partial charge in [0.05, 0.1) is 13.5 Å². The van der Waals surface area contributed by atoms with E-state index in [0.29, 0.717) is 31.9 Å². The number of hydrogen-bond acceptors (Lipinski definition) is 6. The Balaban J connectivity index is 1.63. The number of hydrogen-bond donors (Lipinski definition) is 1. The van der Waals surface area contributed by atoms with Crippen molar-refractivity contribution >= 4 is 23.7 Å². The van der Waals surface area contributed by atoms with Crippen molar-refractivity contribution in [1.82, 2.24) is 15.1 Å². The molecule has 0 atom stereocenters. The molecule has 1 N–H and O–H groups in total. The first-order chi connectivity index (χ1) is 13.9. The first-order valence-electron chi connectivity index (χ1n) is 9.48. The number of nitrogens with one attached hydrogen (secondary N) is 1. The molecule has 1 saturated heterocycles. The fraction of sp³-hybridized carbons (Fsp3) is 0.500. The van der Waals surface area contributed by atoms with Gasteiger partial charge >= 0.3 is 5.97 Å².